The van der Waals surface area contributed by atoms with Gasteiger partial charge in [-0.15, -0.1) is 0 Å². The first-order chi connectivity index (χ1) is 14.5. The second-order valence-corrected chi connectivity index (χ2v) is 7.00. The average molecular weight is 410 g/mol. The molecule has 0 aromatic heterocycles. The molecule has 1 aliphatic heterocycles. The van der Waals surface area contributed by atoms with Crippen molar-refractivity contribution < 1.29 is 23.9 Å². The molecule has 0 unspecified atom stereocenters. The molecule has 2 aromatic rings. The lowest BCUT2D eigenvalue weighted by Crippen LogP contribution is -2.28. The summed E-state index contributed by atoms with van der Waals surface area (Å²) < 4.78 is 10.6. The Morgan fingerprint density at radius 1 is 1.10 bits per heavy atom. The van der Waals surface area contributed by atoms with Gasteiger partial charge < -0.3 is 19.7 Å². The Labute approximate surface area is 176 Å². The number of nitrogens with zero attached hydrogens (tertiary/aromatic N) is 1. The number of benzene rings is 2. The molecule has 1 heterocycles. The molecule has 1 fully saturated rings. The van der Waals surface area contributed by atoms with Gasteiger partial charge in [0, 0.05) is 18.7 Å². The maximum Gasteiger partial charge on any atom is 0.340 e. The van der Waals surface area contributed by atoms with Gasteiger partial charge in [-0.2, -0.15) is 0 Å². The third-order valence-corrected chi connectivity index (χ3v) is 4.80. The molecule has 2 aromatic carbocycles. The number of ether oxygens (including phenoxy) is 2. The van der Waals surface area contributed by atoms with Gasteiger partial charge in [-0.3, -0.25) is 9.59 Å². The van der Waals surface area contributed by atoms with E-state index in [9.17, 15) is 14.4 Å². The second kappa shape index (κ2) is 9.91. The Morgan fingerprint density at radius 2 is 1.83 bits per heavy atom. The number of anilines is 2. The van der Waals surface area contributed by atoms with Crippen molar-refractivity contribution in [2.24, 2.45) is 5.92 Å². The molecule has 3 rings (SSSR count). The molecule has 30 heavy (non-hydrogen) atoms. The smallest absolute Gasteiger partial charge is 0.340 e. The van der Waals surface area contributed by atoms with Crippen LogP contribution in [0.4, 0.5) is 11.4 Å². The van der Waals surface area contributed by atoms with E-state index in [2.05, 4.69) is 5.32 Å². The van der Waals surface area contributed by atoms with E-state index in [-0.39, 0.29) is 37.0 Å². The fraction of sp³-hybridized carbons (Fsp3) is 0.348. The number of para-hydroxylation sites is 1. The van der Waals surface area contributed by atoms with Crippen LogP contribution < -0.4 is 15.0 Å². The minimum absolute atomic E-state index is 0.113. The van der Waals surface area contributed by atoms with Gasteiger partial charge in [0.1, 0.15) is 5.75 Å². The summed E-state index contributed by atoms with van der Waals surface area (Å²) in [5.41, 5.74) is 1.40. The predicted molar refractivity (Wildman–Crippen MR) is 114 cm³/mol. The molecule has 158 valence electrons. The predicted octanol–water partition coefficient (Wildman–Crippen LogP) is 3.64. The van der Waals surface area contributed by atoms with Crippen molar-refractivity contribution in [1.29, 1.82) is 0 Å². The van der Waals surface area contributed by atoms with Crippen molar-refractivity contribution in [1.82, 2.24) is 0 Å². The Kier molecular flexibility index (Phi) is 7.06. The van der Waals surface area contributed by atoms with Crippen LogP contribution in [-0.4, -0.2) is 37.5 Å². The van der Waals surface area contributed by atoms with E-state index < -0.39 is 11.9 Å². The summed E-state index contributed by atoms with van der Waals surface area (Å²) in [6.07, 6.45) is 1.03. The molecule has 2 amide bonds. The average Bonchev–Trinajstić information content (AvgIpc) is 3.15. The molecular formula is C23H26N2O5. The number of amides is 2. The number of hydrogen-bond acceptors (Lipinski definition) is 5. The molecule has 1 N–H and O–H groups in total. The van der Waals surface area contributed by atoms with Gasteiger partial charge in [-0.05, 0) is 49.7 Å². The van der Waals surface area contributed by atoms with Crippen LogP contribution in [0.5, 0.6) is 5.75 Å². The number of nitrogens with one attached hydrogen (secondary N) is 1. The second-order valence-electron chi connectivity index (χ2n) is 7.00. The number of carbonyl (C=O) groups excluding carboxylic acids is 3. The number of hydrogen-bond donors (Lipinski definition) is 1. The quantitative estimate of drug-likeness (QED) is 0.672. The van der Waals surface area contributed by atoms with Crippen molar-refractivity contribution in [2.45, 2.75) is 26.7 Å². The minimum Gasteiger partial charge on any atom is -0.494 e. The summed E-state index contributed by atoms with van der Waals surface area (Å²) in [5.74, 6) is -0.676. The molecule has 1 atom stereocenters. The maximum absolute atomic E-state index is 12.8. The summed E-state index contributed by atoms with van der Waals surface area (Å²) in [5, 5.41) is 2.78. The standard InChI is InChI=1S/C23H26N2O5/c1-3-13-30-18-11-9-17(10-12-18)25-15-16(14-21(25)26)22(27)24-20-8-6-5-7-19(20)23(28)29-4-2/h5-12,16H,3-4,13-15H2,1-2H3,(H,24,27)/t16-/m0/s1. The lowest BCUT2D eigenvalue weighted by atomic mass is 10.1. The highest BCUT2D eigenvalue weighted by Gasteiger charge is 2.35. The van der Waals surface area contributed by atoms with Gasteiger partial charge in [0.25, 0.3) is 0 Å². The largest absolute Gasteiger partial charge is 0.494 e. The summed E-state index contributed by atoms with van der Waals surface area (Å²) in [6.45, 7) is 4.92. The van der Waals surface area contributed by atoms with Crippen molar-refractivity contribution in [3.63, 3.8) is 0 Å². The minimum atomic E-state index is -0.510. The van der Waals surface area contributed by atoms with Gasteiger partial charge in [-0.1, -0.05) is 19.1 Å². The fourth-order valence-corrected chi connectivity index (χ4v) is 3.29. The van der Waals surface area contributed by atoms with E-state index in [0.29, 0.717) is 12.3 Å². The van der Waals surface area contributed by atoms with Gasteiger partial charge >= 0.3 is 5.97 Å². The van der Waals surface area contributed by atoms with Crippen LogP contribution in [0, 0.1) is 5.92 Å². The summed E-state index contributed by atoms with van der Waals surface area (Å²) in [6, 6.07) is 14.0. The van der Waals surface area contributed by atoms with Crippen LogP contribution >= 0.6 is 0 Å². The fourth-order valence-electron chi connectivity index (χ4n) is 3.29. The van der Waals surface area contributed by atoms with E-state index in [1.165, 1.54) is 0 Å². The van der Waals surface area contributed by atoms with Crippen molar-refractivity contribution >= 4 is 29.2 Å². The third-order valence-electron chi connectivity index (χ3n) is 4.80. The lowest BCUT2D eigenvalue weighted by Gasteiger charge is -2.17. The Balaban J connectivity index is 1.67. The topological polar surface area (TPSA) is 84.9 Å². The molecule has 0 bridgehead atoms. The molecule has 0 radical (unpaired) electrons. The number of rotatable bonds is 8. The highest BCUT2D eigenvalue weighted by molar-refractivity contribution is 6.06. The monoisotopic (exact) mass is 410 g/mol. The van der Waals surface area contributed by atoms with Gasteiger partial charge in [0.05, 0.1) is 30.4 Å². The molecule has 1 aliphatic rings. The van der Waals surface area contributed by atoms with Crippen LogP contribution in [0.1, 0.15) is 37.0 Å². The zero-order chi connectivity index (χ0) is 21.5. The Morgan fingerprint density at radius 3 is 2.53 bits per heavy atom. The molecular weight excluding hydrogens is 384 g/mol. The maximum atomic E-state index is 12.8. The molecule has 0 spiro atoms. The van der Waals surface area contributed by atoms with E-state index in [1.54, 1.807) is 36.1 Å². The highest BCUT2D eigenvalue weighted by atomic mass is 16.5. The van der Waals surface area contributed by atoms with Gasteiger partial charge in [0.15, 0.2) is 0 Å². The SMILES string of the molecule is CCCOc1ccc(N2C[C@@H](C(=O)Nc3ccccc3C(=O)OCC)CC2=O)cc1. The molecule has 0 saturated carbocycles. The van der Waals surface area contributed by atoms with Crippen LogP contribution in [-0.2, 0) is 14.3 Å². The summed E-state index contributed by atoms with van der Waals surface area (Å²) >= 11 is 0. The molecule has 7 nitrogen and oxygen atoms in total. The first-order valence-corrected chi connectivity index (χ1v) is 10.1. The van der Waals surface area contributed by atoms with Crippen LogP contribution in [0.25, 0.3) is 0 Å². The number of esters is 1. The van der Waals surface area contributed by atoms with Crippen molar-refractivity contribution in [3.8, 4) is 5.75 Å². The zero-order valence-electron chi connectivity index (χ0n) is 17.2. The molecule has 0 aliphatic carbocycles. The van der Waals surface area contributed by atoms with Crippen LogP contribution in [0.2, 0.25) is 0 Å². The van der Waals surface area contributed by atoms with Crippen molar-refractivity contribution in [3.05, 3.63) is 54.1 Å². The summed E-state index contributed by atoms with van der Waals surface area (Å²) in [4.78, 5) is 39.0. The van der Waals surface area contributed by atoms with E-state index in [4.69, 9.17) is 9.47 Å². The van der Waals surface area contributed by atoms with Crippen LogP contribution in [0.3, 0.4) is 0 Å². The summed E-state index contributed by atoms with van der Waals surface area (Å²) in [7, 11) is 0. The van der Waals surface area contributed by atoms with Crippen molar-refractivity contribution in [2.75, 3.05) is 30.0 Å². The van der Waals surface area contributed by atoms with Gasteiger partial charge in [0.2, 0.25) is 11.8 Å². The van der Waals surface area contributed by atoms with E-state index >= 15 is 0 Å². The van der Waals surface area contributed by atoms with E-state index in [0.717, 1.165) is 17.9 Å². The third kappa shape index (κ3) is 4.97. The number of carbonyl (C=O) groups is 3. The Hall–Kier alpha value is -3.35. The molecule has 7 heteroatoms. The van der Waals surface area contributed by atoms with Gasteiger partial charge in [-0.25, -0.2) is 4.79 Å². The lowest BCUT2D eigenvalue weighted by molar-refractivity contribution is -0.122. The zero-order valence-corrected chi connectivity index (χ0v) is 17.2. The van der Waals surface area contributed by atoms with Crippen LogP contribution in [0.15, 0.2) is 48.5 Å². The van der Waals surface area contributed by atoms with E-state index in [1.807, 2.05) is 31.2 Å². The molecule has 1 saturated heterocycles. The Bertz CT molecular complexity index is 910. The normalized spacial score (nSPS) is 15.7. The highest BCUT2D eigenvalue weighted by Crippen LogP contribution is 2.28. The first kappa shape index (κ1) is 21.4. The first-order valence-electron chi connectivity index (χ1n) is 10.1.